The number of hydrogen-bond donors (Lipinski definition) is 2. The van der Waals surface area contributed by atoms with Gasteiger partial charge in [-0.25, -0.2) is 4.99 Å². The van der Waals surface area contributed by atoms with E-state index in [0.717, 1.165) is 60.0 Å². The van der Waals surface area contributed by atoms with Gasteiger partial charge in [0, 0.05) is 32.4 Å². The number of aryl methyl sites for hydroxylation is 3. The fourth-order valence-corrected chi connectivity index (χ4v) is 3.76. The van der Waals surface area contributed by atoms with Crippen LogP contribution in [0.3, 0.4) is 0 Å². The number of hydrazone groups is 1. The Hall–Kier alpha value is -3.74. The van der Waals surface area contributed by atoms with Gasteiger partial charge in [-0.1, -0.05) is 29.8 Å². The molecular weight excluding hydrogens is 410 g/mol. The second kappa shape index (κ2) is 11.8. The molecule has 172 valence electrons. The van der Waals surface area contributed by atoms with Crippen LogP contribution in [0.15, 0.2) is 76.8 Å². The van der Waals surface area contributed by atoms with Crippen LogP contribution in [0.4, 0.5) is 0 Å². The summed E-state index contributed by atoms with van der Waals surface area (Å²) in [7, 11) is 1.91. The molecule has 1 aromatic heterocycles. The second-order valence-electron chi connectivity index (χ2n) is 8.13. The Morgan fingerprint density at radius 1 is 1.15 bits per heavy atom. The zero-order valence-electron chi connectivity index (χ0n) is 19.8. The molecule has 2 aromatic rings. The third kappa shape index (κ3) is 6.87. The summed E-state index contributed by atoms with van der Waals surface area (Å²) in [4.78, 5) is 6.53. The molecule has 0 atom stereocenters. The van der Waals surface area contributed by atoms with E-state index < -0.39 is 0 Å². The highest BCUT2D eigenvalue weighted by Gasteiger charge is 2.15. The van der Waals surface area contributed by atoms with Gasteiger partial charge in [0.25, 0.3) is 0 Å². The molecule has 1 saturated heterocycles. The molecule has 0 radical (unpaired) electrons. The second-order valence-corrected chi connectivity index (χ2v) is 8.13. The van der Waals surface area contributed by atoms with Crippen molar-refractivity contribution < 1.29 is 0 Å². The Morgan fingerprint density at radius 3 is 2.61 bits per heavy atom. The minimum absolute atomic E-state index is 0.462. The first-order valence-corrected chi connectivity index (χ1v) is 11.2. The molecule has 2 heterocycles. The summed E-state index contributed by atoms with van der Waals surface area (Å²) < 4.78 is 1.82. The Labute approximate surface area is 196 Å². The zero-order valence-corrected chi connectivity index (χ0v) is 19.8. The molecule has 1 aromatic carbocycles. The Bertz CT molecular complexity index is 1100. The minimum Gasteiger partial charge on any atom is -0.357 e. The number of nitrogens with zero attached hydrogens (tertiary/aromatic N) is 5. The largest absolute Gasteiger partial charge is 0.357 e. The Kier molecular flexibility index (Phi) is 8.52. The van der Waals surface area contributed by atoms with E-state index in [4.69, 9.17) is 5.41 Å². The van der Waals surface area contributed by atoms with E-state index in [1.165, 1.54) is 6.42 Å². The zero-order chi connectivity index (χ0) is 23.6. The molecule has 0 bridgehead atoms. The summed E-state index contributed by atoms with van der Waals surface area (Å²) in [5, 5.41) is 17.2. The van der Waals surface area contributed by atoms with Gasteiger partial charge >= 0.3 is 0 Å². The van der Waals surface area contributed by atoms with Crippen molar-refractivity contribution in [2.24, 2.45) is 17.1 Å². The summed E-state index contributed by atoms with van der Waals surface area (Å²) in [6.07, 6.45) is 12.7. The van der Waals surface area contributed by atoms with Crippen molar-refractivity contribution in [1.82, 2.24) is 20.1 Å². The average Bonchev–Trinajstić information content (AvgIpc) is 3.16. The quantitative estimate of drug-likeness (QED) is 0.340. The highest BCUT2D eigenvalue weighted by molar-refractivity contribution is 6.08. The van der Waals surface area contributed by atoms with Crippen LogP contribution in [-0.2, 0) is 7.05 Å². The van der Waals surface area contributed by atoms with Gasteiger partial charge < -0.3 is 10.3 Å². The summed E-state index contributed by atoms with van der Waals surface area (Å²) in [6, 6.07) is 9.93. The Balaban J connectivity index is 1.74. The lowest BCUT2D eigenvalue weighted by atomic mass is 10.1. The molecule has 0 aliphatic carbocycles. The molecule has 2 N–H and O–H groups in total. The lowest BCUT2D eigenvalue weighted by Crippen LogP contribution is -2.29. The van der Waals surface area contributed by atoms with Gasteiger partial charge in [-0.2, -0.15) is 10.2 Å². The van der Waals surface area contributed by atoms with Crippen LogP contribution in [0.25, 0.3) is 0 Å². The molecule has 0 spiro atoms. The van der Waals surface area contributed by atoms with Crippen LogP contribution in [0.1, 0.15) is 41.8 Å². The summed E-state index contributed by atoms with van der Waals surface area (Å²) in [6.45, 7) is 9.72. The van der Waals surface area contributed by atoms with Crippen molar-refractivity contribution in [1.29, 1.82) is 5.41 Å². The maximum absolute atomic E-state index is 8.20. The molecule has 33 heavy (non-hydrogen) atoms. The van der Waals surface area contributed by atoms with Crippen LogP contribution in [-0.4, -0.2) is 45.9 Å². The fraction of sp³-hybridized carbons (Fsp3) is 0.308. The first kappa shape index (κ1) is 23.9. The van der Waals surface area contributed by atoms with Crippen LogP contribution < -0.4 is 5.43 Å². The maximum atomic E-state index is 8.20. The van der Waals surface area contributed by atoms with Crippen molar-refractivity contribution in [2.45, 2.75) is 33.1 Å². The van der Waals surface area contributed by atoms with Crippen LogP contribution in [0, 0.1) is 19.3 Å². The van der Waals surface area contributed by atoms with Gasteiger partial charge in [0.1, 0.15) is 11.5 Å². The molecule has 0 amide bonds. The number of aromatic nitrogens is 2. The first-order valence-electron chi connectivity index (χ1n) is 11.2. The van der Waals surface area contributed by atoms with Gasteiger partial charge in [0.15, 0.2) is 0 Å². The van der Waals surface area contributed by atoms with Crippen LogP contribution >= 0.6 is 0 Å². The highest BCUT2D eigenvalue weighted by atomic mass is 15.3. The van der Waals surface area contributed by atoms with E-state index in [2.05, 4.69) is 32.2 Å². The number of piperidine rings is 1. The number of nitrogens with one attached hydrogen (secondary N) is 2. The molecule has 1 aliphatic heterocycles. The van der Waals surface area contributed by atoms with E-state index in [-0.39, 0.29) is 0 Å². The molecule has 7 heteroatoms. The van der Waals surface area contributed by atoms with Crippen LogP contribution in [0.2, 0.25) is 0 Å². The lowest BCUT2D eigenvalue weighted by Gasteiger charge is -2.28. The number of allylic oxidation sites excluding steroid dienone is 4. The first-order chi connectivity index (χ1) is 16.0. The third-order valence-electron chi connectivity index (χ3n) is 5.43. The van der Waals surface area contributed by atoms with Crippen LogP contribution in [0.5, 0.6) is 0 Å². The van der Waals surface area contributed by atoms with Gasteiger partial charge in [0.05, 0.1) is 17.1 Å². The maximum Gasteiger partial charge on any atom is 0.130 e. The summed E-state index contributed by atoms with van der Waals surface area (Å²) >= 11 is 0. The lowest BCUT2D eigenvalue weighted by molar-refractivity contribution is 0.284. The van der Waals surface area contributed by atoms with Crippen molar-refractivity contribution >= 4 is 18.1 Å². The standard InChI is InChI=1S/C26H33N7/c1-20-11-10-12-22(17-20)23(27)13-6-7-14-29-30-24(25-18-21(2)31-32(25)4)19-26(28-3)33-15-8-5-9-16-33/h6-7,10-14,17-19,27,29H,3,5,8-9,15-16H2,1-2,4H3/b13-6-,14-7-,26-19-,27-23?,30-24+. The summed E-state index contributed by atoms with van der Waals surface area (Å²) in [5.41, 5.74) is 8.04. The minimum atomic E-state index is 0.462. The third-order valence-corrected chi connectivity index (χ3v) is 5.43. The SMILES string of the molecule is C=N/C(=C/C(=N\N/C=C\C=C/C(=N)c1cccc(C)c1)c1cc(C)nn1C)N1CCCCC1. The van der Waals surface area contributed by atoms with E-state index in [1.54, 1.807) is 12.3 Å². The van der Waals surface area contributed by atoms with E-state index >= 15 is 0 Å². The molecular formula is C26H33N7. The molecule has 1 fully saturated rings. The number of hydrogen-bond acceptors (Lipinski definition) is 6. The van der Waals surface area contributed by atoms with Crippen molar-refractivity contribution in [2.75, 3.05) is 13.1 Å². The molecule has 0 saturated carbocycles. The number of benzene rings is 1. The Morgan fingerprint density at radius 2 is 1.94 bits per heavy atom. The van der Waals surface area contributed by atoms with E-state index in [1.807, 2.05) is 74.1 Å². The predicted molar refractivity (Wildman–Crippen MR) is 137 cm³/mol. The van der Waals surface area contributed by atoms with E-state index in [0.29, 0.717) is 5.71 Å². The molecule has 7 nitrogen and oxygen atoms in total. The topological polar surface area (TPSA) is 81.7 Å². The van der Waals surface area contributed by atoms with Gasteiger partial charge in [-0.3, -0.25) is 10.1 Å². The number of rotatable bonds is 9. The molecule has 1 aliphatic rings. The average molecular weight is 444 g/mol. The normalized spacial score (nSPS) is 15.4. The van der Waals surface area contributed by atoms with Crippen molar-refractivity contribution in [3.05, 3.63) is 89.2 Å². The predicted octanol–water partition coefficient (Wildman–Crippen LogP) is 4.50. The van der Waals surface area contributed by atoms with E-state index in [9.17, 15) is 0 Å². The molecule has 0 unspecified atom stereocenters. The number of aliphatic imine (C=N–C) groups is 1. The van der Waals surface area contributed by atoms with Gasteiger partial charge in [-0.05, 0) is 69.7 Å². The van der Waals surface area contributed by atoms with Gasteiger partial charge in [-0.15, -0.1) is 0 Å². The van der Waals surface area contributed by atoms with Crippen molar-refractivity contribution in [3.63, 3.8) is 0 Å². The highest BCUT2D eigenvalue weighted by Crippen LogP contribution is 2.17. The molecule has 3 rings (SSSR count). The van der Waals surface area contributed by atoms with Crippen molar-refractivity contribution in [3.8, 4) is 0 Å². The number of likely N-dealkylation sites (tertiary alicyclic amines) is 1. The smallest absolute Gasteiger partial charge is 0.130 e. The monoisotopic (exact) mass is 443 g/mol. The fourth-order valence-electron chi connectivity index (χ4n) is 3.76. The van der Waals surface area contributed by atoms with Gasteiger partial charge in [0.2, 0.25) is 0 Å². The summed E-state index contributed by atoms with van der Waals surface area (Å²) in [5.74, 6) is 0.824.